The van der Waals surface area contributed by atoms with E-state index in [0.717, 1.165) is 25.8 Å². The van der Waals surface area contributed by atoms with Gasteiger partial charge in [-0.25, -0.2) is 0 Å². The summed E-state index contributed by atoms with van der Waals surface area (Å²) in [6.45, 7) is 3.46. The van der Waals surface area contributed by atoms with Crippen molar-refractivity contribution in [2.45, 2.75) is 51.2 Å². The maximum absolute atomic E-state index is 12.0. The molecule has 2 atom stereocenters. The average molecular weight is 228 g/mol. The van der Waals surface area contributed by atoms with Gasteiger partial charge in [-0.05, 0) is 32.6 Å². The van der Waals surface area contributed by atoms with Crippen LogP contribution in [-0.2, 0) is 9.53 Å². The number of methoxy groups -OCH3 is 1. The molecule has 1 saturated heterocycles. The number of piperidine rings is 1. The van der Waals surface area contributed by atoms with Crippen LogP contribution in [0.4, 0.5) is 0 Å². The molecule has 0 spiro atoms. The maximum Gasteiger partial charge on any atom is 0.222 e. The van der Waals surface area contributed by atoms with Crippen molar-refractivity contribution in [3.05, 3.63) is 0 Å². The Kier molecular flexibility index (Phi) is 5.77. The lowest BCUT2D eigenvalue weighted by molar-refractivity contribution is -0.135. The molecular weight excluding hydrogens is 204 g/mol. The standard InChI is InChI=1S/C12H24N2O2/c1-10(16-2)6-7-12(15)14-8-4-3-5-11(14)9-13/h10-11H,3-9,13H2,1-2H3. The minimum absolute atomic E-state index is 0.157. The number of ether oxygens (including phenoxy) is 1. The van der Waals surface area contributed by atoms with Crippen LogP contribution in [0.15, 0.2) is 0 Å². The van der Waals surface area contributed by atoms with Crippen LogP contribution in [0, 0.1) is 0 Å². The number of likely N-dealkylation sites (tertiary alicyclic amines) is 1. The zero-order valence-electron chi connectivity index (χ0n) is 10.4. The zero-order valence-corrected chi connectivity index (χ0v) is 10.4. The molecule has 16 heavy (non-hydrogen) atoms. The molecule has 1 fully saturated rings. The van der Waals surface area contributed by atoms with E-state index in [1.165, 1.54) is 6.42 Å². The third-order valence-electron chi connectivity index (χ3n) is 3.39. The van der Waals surface area contributed by atoms with Crippen LogP contribution in [0.5, 0.6) is 0 Å². The topological polar surface area (TPSA) is 55.6 Å². The number of carbonyl (C=O) groups excluding carboxylic acids is 1. The quantitative estimate of drug-likeness (QED) is 0.767. The van der Waals surface area contributed by atoms with Crippen molar-refractivity contribution in [2.75, 3.05) is 20.2 Å². The molecule has 0 aromatic heterocycles. The van der Waals surface area contributed by atoms with E-state index in [1.54, 1.807) is 7.11 Å². The van der Waals surface area contributed by atoms with E-state index in [0.29, 0.717) is 13.0 Å². The fourth-order valence-electron chi connectivity index (χ4n) is 2.16. The van der Waals surface area contributed by atoms with Gasteiger partial charge in [-0.1, -0.05) is 0 Å². The van der Waals surface area contributed by atoms with E-state index in [2.05, 4.69) is 0 Å². The van der Waals surface area contributed by atoms with Crippen LogP contribution in [-0.4, -0.2) is 43.2 Å². The van der Waals surface area contributed by atoms with Gasteiger partial charge >= 0.3 is 0 Å². The van der Waals surface area contributed by atoms with Gasteiger partial charge in [0.15, 0.2) is 0 Å². The van der Waals surface area contributed by atoms with E-state index in [-0.39, 0.29) is 18.1 Å². The lowest BCUT2D eigenvalue weighted by atomic mass is 10.0. The Morgan fingerprint density at radius 1 is 1.56 bits per heavy atom. The van der Waals surface area contributed by atoms with Crippen LogP contribution >= 0.6 is 0 Å². The lowest BCUT2D eigenvalue weighted by Crippen LogP contribution is -2.47. The van der Waals surface area contributed by atoms with E-state index in [1.807, 2.05) is 11.8 Å². The SMILES string of the molecule is COC(C)CCC(=O)N1CCCCC1CN. The van der Waals surface area contributed by atoms with Crippen molar-refractivity contribution in [3.63, 3.8) is 0 Å². The van der Waals surface area contributed by atoms with Gasteiger partial charge in [0.05, 0.1) is 6.10 Å². The Morgan fingerprint density at radius 3 is 2.94 bits per heavy atom. The Morgan fingerprint density at radius 2 is 2.31 bits per heavy atom. The maximum atomic E-state index is 12.0. The van der Waals surface area contributed by atoms with Crippen molar-refractivity contribution in [3.8, 4) is 0 Å². The van der Waals surface area contributed by atoms with Gasteiger partial charge in [0.2, 0.25) is 5.91 Å². The first-order valence-corrected chi connectivity index (χ1v) is 6.21. The highest BCUT2D eigenvalue weighted by Gasteiger charge is 2.25. The van der Waals surface area contributed by atoms with Crippen molar-refractivity contribution in [1.82, 2.24) is 4.90 Å². The molecule has 4 nitrogen and oxygen atoms in total. The summed E-state index contributed by atoms with van der Waals surface area (Å²) in [5, 5.41) is 0. The first-order valence-electron chi connectivity index (χ1n) is 6.21. The predicted molar refractivity (Wildman–Crippen MR) is 64.1 cm³/mol. The summed E-state index contributed by atoms with van der Waals surface area (Å²) in [6, 6.07) is 0.263. The summed E-state index contributed by atoms with van der Waals surface area (Å²) >= 11 is 0. The molecule has 1 aliphatic heterocycles. The second kappa shape index (κ2) is 6.86. The molecule has 1 aliphatic rings. The van der Waals surface area contributed by atoms with Crippen molar-refractivity contribution in [2.24, 2.45) is 5.73 Å². The van der Waals surface area contributed by atoms with Crippen LogP contribution in [0.1, 0.15) is 39.0 Å². The van der Waals surface area contributed by atoms with Gasteiger partial charge < -0.3 is 15.4 Å². The molecule has 0 aromatic rings. The highest BCUT2D eigenvalue weighted by atomic mass is 16.5. The first kappa shape index (κ1) is 13.5. The fraction of sp³-hybridized carbons (Fsp3) is 0.917. The van der Waals surface area contributed by atoms with Gasteiger partial charge in [0.1, 0.15) is 0 Å². The number of carbonyl (C=O) groups is 1. The number of nitrogens with two attached hydrogens (primary N) is 1. The Balaban J connectivity index is 2.38. The minimum Gasteiger partial charge on any atom is -0.382 e. The summed E-state index contributed by atoms with van der Waals surface area (Å²) in [5.74, 6) is 0.235. The summed E-state index contributed by atoms with van der Waals surface area (Å²) in [5.41, 5.74) is 5.69. The fourth-order valence-corrected chi connectivity index (χ4v) is 2.16. The van der Waals surface area contributed by atoms with E-state index < -0.39 is 0 Å². The zero-order chi connectivity index (χ0) is 12.0. The number of amides is 1. The Bertz CT molecular complexity index is 221. The molecule has 0 aliphatic carbocycles. The summed E-state index contributed by atoms with van der Waals surface area (Å²) in [7, 11) is 1.68. The van der Waals surface area contributed by atoms with Crippen LogP contribution < -0.4 is 5.73 Å². The van der Waals surface area contributed by atoms with E-state index in [4.69, 9.17) is 10.5 Å². The molecule has 1 heterocycles. The van der Waals surface area contributed by atoms with Crippen molar-refractivity contribution in [1.29, 1.82) is 0 Å². The Labute approximate surface area is 98.1 Å². The number of rotatable bonds is 5. The van der Waals surface area contributed by atoms with Gasteiger partial charge in [0.25, 0.3) is 0 Å². The Hall–Kier alpha value is -0.610. The molecule has 0 saturated carbocycles. The minimum atomic E-state index is 0.157. The monoisotopic (exact) mass is 228 g/mol. The lowest BCUT2D eigenvalue weighted by Gasteiger charge is -2.35. The first-order chi connectivity index (χ1) is 7.69. The highest BCUT2D eigenvalue weighted by molar-refractivity contribution is 5.76. The molecule has 2 unspecified atom stereocenters. The molecule has 2 N–H and O–H groups in total. The molecule has 94 valence electrons. The van der Waals surface area contributed by atoms with Gasteiger partial charge in [-0.15, -0.1) is 0 Å². The van der Waals surface area contributed by atoms with E-state index in [9.17, 15) is 4.79 Å². The highest BCUT2D eigenvalue weighted by Crippen LogP contribution is 2.18. The third-order valence-corrected chi connectivity index (χ3v) is 3.39. The summed E-state index contributed by atoms with van der Waals surface area (Å²) in [6.07, 6.45) is 4.89. The molecule has 0 bridgehead atoms. The second-order valence-corrected chi connectivity index (χ2v) is 4.56. The van der Waals surface area contributed by atoms with Gasteiger partial charge in [-0.3, -0.25) is 4.79 Å². The predicted octanol–water partition coefficient (Wildman–Crippen LogP) is 1.14. The van der Waals surface area contributed by atoms with Crippen LogP contribution in [0.3, 0.4) is 0 Å². The number of hydrogen-bond donors (Lipinski definition) is 1. The van der Waals surface area contributed by atoms with E-state index >= 15 is 0 Å². The summed E-state index contributed by atoms with van der Waals surface area (Å²) < 4.78 is 5.15. The molecule has 0 aromatic carbocycles. The van der Waals surface area contributed by atoms with Crippen LogP contribution in [0.2, 0.25) is 0 Å². The van der Waals surface area contributed by atoms with Gasteiger partial charge in [0, 0.05) is 32.7 Å². The van der Waals surface area contributed by atoms with Gasteiger partial charge in [-0.2, -0.15) is 0 Å². The van der Waals surface area contributed by atoms with Crippen molar-refractivity contribution >= 4 is 5.91 Å². The van der Waals surface area contributed by atoms with Crippen molar-refractivity contribution < 1.29 is 9.53 Å². The smallest absolute Gasteiger partial charge is 0.222 e. The second-order valence-electron chi connectivity index (χ2n) is 4.56. The third kappa shape index (κ3) is 3.76. The number of nitrogens with zero attached hydrogens (tertiary/aromatic N) is 1. The molecule has 4 heteroatoms. The molecule has 1 amide bonds. The molecular formula is C12H24N2O2. The molecule has 1 rings (SSSR count). The molecule has 0 radical (unpaired) electrons. The number of hydrogen-bond acceptors (Lipinski definition) is 3. The largest absolute Gasteiger partial charge is 0.382 e. The average Bonchev–Trinajstić information content (AvgIpc) is 2.35. The van der Waals surface area contributed by atoms with Crippen LogP contribution in [0.25, 0.3) is 0 Å². The summed E-state index contributed by atoms with van der Waals surface area (Å²) in [4.78, 5) is 14.0. The normalized spacial score (nSPS) is 23.2.